The van der Waals surface area contributed by atoms with Crippen molar-refractivity contribution in [3.63, 3.8) is 0 Å². The molecule has 0 saturated heterocycles. The van der Waals surface area contributed by atoms with Gasteiger partial charge >= 0.3 is 18.2 Å². The van der Waals surface area contributed by atoms with Crippen LogP contribution < -0.4 is 10.1 Å². The number of nitrogens with one attached hydrogen (secondary N) is 1. The van der Waals surface area contributed by atoms with Crippen LogP contribution in [0.5, 0.6) is 11.5 Å². The lowest BCUT2D eigenvalue weighted by atomic mass is 9.87. The number of ether oxygens (including phenoxy) is 2. The molecule has 0 aromatic heterocycles. The fourth-order valence-electron chi connectivity index (χ4n) is 5.34. The molecule has 0 unspecified atom stereocenters. The van der Waals surface area contributed by atoms with Gasteiger partial charge in [-0.05, 0) is 51.6 Å². The number of carbonyl (C=O) groups is 2. The summed E-state index contributed by atoms with van der Waals surface area (Å²) in [7, 11) is 0. The molecular formula is C35H30F3NO5. The lowest BCUT2D eigenvalue weighted by Crippen LogP contribution is -2.66. The molecule has 0 heterocycles. The molecule has 1 atom stereocenters. The van der Waals surface area contributed by atoms with Gasteiger partial charge in [0.2, 0.25) is 5.54 Å². The fourth-order valence-corrected chi connectivity index (χ4v) is 5.34. The van der Waals surface area contributed by atoms with Crippen molar-refractivity contribution in [3.05, 3.63) is 109 Å². The van der Waals surface area contributed by atoms with Crippen molar-refractivity contribution < 1.29 is 37.3 Å². The van der Waals surface area contributed by atoms with Gasteiger partial charge in [0, 0.05) is 11.1 Å². The molecule has 1 amide bonds. The number of phenolic OH excluding ortho intramolecular Hbond substituents is 1. The number of alkyl halides is 3. The van der Waals surface area contributed by atoms with Crippen molar-refractivity contribution in [2.24, 2.45) is 5.92 Å². The van der Waals surface area contributed by atoms with E-state index in [2.05, 4.69) is 0 Å². The van der Waals surface area contributed by atoms with Gasteiger partial charge < -0.3 is 14.6 Å². The van der Waals surface area contributed by atoms with Crippen LogP contribution in [-0.2, 0) is 16.1 Å². The minimum Gasteiger partial charge on any atom is -0.507 e. The van der Waals surface area contributed by atoms with Gasteiger partial charge in [-0.15, -0.1) is 0 Å². The van der Waals surface area contributed by atoms with Crippen LogP contribution in [0.25, 0.3) is 32.7 Å². The summed E-state index contributed by atoms with van der Waals surface area (Å²) in [6.07, 6.45) is -7.48. The van der Waals surface area contributed by atoms with Gasteiger partial charge in [0.25, 0.3) is 0 Å². The van der Waals surface area contributed by atoms with Crippen molar-refractivity contribution >= 4 is 33.6 Å². The maximum Gasteiger partial charge on any atom is 0.422 e. The van der Waals surface area contributed by atoms with E-state index in [9.17, 15) is 27.9 Å². The number of phenols is 1. The molecule has 5 rings (SSSR count). The predicted molar refractivity (Wildman–Crippen MR) is 162 cm³/mol. The molecule has 0 saturated carbocycles. The highest BCUT2D eigenvalue weighted by Gasteiger charge is 2.63. The van der Waals surface area contributed by atoms with Crippen LogP contribution in [-0.4, -0.2) is 28.9 Å². The van der Waals surface area contributed by atoms with Crippen LogP contribution in [0, 0.1) is 5.92 Å². The number of carbonyl (C=O) groups excluding carboxylic acids is 2. The van der Waals surface area contributed by atoms with E-state index < -0.39 is 36.1 Å². The molecule has 2 N–H and O–H groups in total. The van der Waals surface area contributed by atoms with Gasteiger partial charge in [0.05, 0.1) is 0 Å². The third kappa shape index (κ3) is 6.04. The second-order valence-electron chi connectivity index (χ2n) is 10.9. The van der Waals surface area contributed by atoms with E-state index in [-0.39, 0.29) is 23.7 Å². The number of aromatic hydroxyl groups is 1. The zero-order valence-corrected chi connectivity index (χ0v) is 24.0. The van der Waals surface area contributed by atoms with Crippen molar-refractivity contribution in [1.29, 1.82) is 0 Å². The number of alkyl carbamates (subject to hydrolysis) is 1. The molecular weight excluding hydrogens is 571 g/mol. The average molecular weight is 602 g/mol. The summed E-state index contributed by atoms with van der Waals surface area (Å²) < 4.78 is 55.6. The Hall–Kier alpha value is -5.05. The van der Waals surface area contributed by atoms with Gasteiger partial charge in [-0.2, -0.15) is 13.2 Å². The Balaban J connectivity index is 1.60. The maximum atomic E-state index is 15.0. The Bertz CT molecular complexity index is 1820. The highest BCUT2D eigenvalue weighted by molar-refractivity contribution is 6.10. The van der Waals surface area contributed by atoms with Crippen LogP contribution in [0.4, 0.5) is 18.0 Å². The second kappa shape index (κ2) is 12.3. The molecule has 0 spiro atoms. The van der Waals surface area contributed by atoms with E-state index in [0.717, 1.165) is 5.39 Å². The molecule has 0 aliphatic rings. The summed E-state index contributed by atoms with van der Waals surface area (Å²) in [6.45, 7) is 2.70. The topological polar surface area (TPSA) is 84.9 Å². The van der Waals surface area contributed by atoms with Gasteiger partial charge in [0.1, 0.15) is 18.1 Å². The van der Waals surface area contributed by atoms with E-state index in [1.54, 1.807) is 78.9 Å². The van der Waals surface area contributed by atoms with Gasteiger partial charge in [-0.25, -0.2) is 9.59 Å². The maximum absolute atomic E-state index is 15.0. The summed E-state index contributed by atoms with van der Waals surface area (Å²) >= 11 is 0. The van der Waals surface area contributed by atoms with E-state index in [1.807, 2.05) is 17.4 Å². The van der Waals surface area contributed by atoms with Crippen LogP contribution in [0.3, 0.4) is 0 Å². The van der Waals surface area contributed by atoms with E-state index >= 15 is 0 Å². The fraction of sp³-hybridized carbons (Fsp3) is 0.200. The molecule has 5 aromatic rings. The summed E-state index contributed by atoms with van der Waals surface area (Å²) in [5.41, 5.74) is -2.35. The normalized spacial score (nSPS) is 13.0. The van der Waals surface area contributed by atoms with E-state index in [4.69, 9.17) is 9.47 Å². The van der Waals surface area contributed by atoms with Crippen molar-refractivity contribution in [3.8, 4) is 22.6 Å². The van der Waals surface area contributed by atoms with Crippen LogP contribution >= 0.6 is 0 Å². The number of hydrogen-bond donors (Lipinski definition) is 2. The third-order valence-electron chi connectivity index (χ3n) is 7.33. The first-order chi connectivity index (χ1) is 21.0. The minimum atomic E-state index is -5.25. The Morgan fingerprint density at radius 2 is 1.34 bits per heavy atom. The lowest BCUT2D eigenvalue weighted by molar-refractivity contribution is -0.210. The Kier molecular flexibility index (Phi) is 8.49. The molecule has 0 aliphatic carbocycles. The zero-order chi connectivity index (χ0) is 31.5. The highest BCUT2D eigenvalue weighted by atomic mass is 19.4. The minimum absolute atomic E-state index is 0.149. The number of fused-ring (bicyclic) bond motifs is 2. The highest BCUT2D eigenvalue weighted by Crippen LogP contribution is 2.46. The number of amides is 1. The van der Waals surface area contributed by atoms with Crippen molar-refractivity contribution in [1.82, 2.24) is 5.32 Å². The second-order valence-corrected chi connectivity index (χ2v) is 10.9. The SMILES string of the molecule is CC(C)C[C@@](NC(=O)OCc1ccccc1)(C(=O)Oc1ccc2ccccc2c1-c1c(O)ccc2ccccc12)C(F)(F)F. The first-order valence-corrected chi connectivity index (χ1v) is 14.0. The summed E-state index contributed by atoms with van der Waals surface area (Å²) in [4.78, 5) is 26.6. The Labute approximate surface area is 252 Å². The standard InChI is InChI=1S/C35H30F3NO5/c1-22(2)20-34(35(36,37)38,39-33(42)43-21-23-10-4-3-5-11-23)32(41)44-29-19-17-25-13-7-9-15-27(25)31(29)30-26-14-8-6-12-24(26)16-18-28(30)40/h3-19,22,40H,20-21H2,1-2H3,(H,39,42)/t34-/m1/s1. The van der Waals surface area contributed by atoms with E-state index in [0.29, 0.717) is 27.3 Å². The number of halogens is 3. The first kappa shape index (κ1) is 30.4. The Morgan fingerprint density at radius 3 is 1.95 bits per heavy atom. The van der Waals surface area contributed by atoms with Crippen molar-refractivity contribution in [2.75, 3.05) is 0 Å². The Morgan fingerprint density at radius 1 is 0.773 bits per heavy atom. The van der Waals surface area contributed by atoms with Gasteiger partial charge in [-0.1, -0.05) is 105 Å². The predicted octanol–water partition coefficient (Wildman–Crippen LogP) is 8.54. The summed E-state index contributed by atoms with van der Waals surface area (Å²) in [6, 6.07) is 28.9. The van der Waals surface area contributed by atoms with Crippen LogP contribution in [0.1, 0.15) is 25.8 Å². The van der Waals surface area contributed by atoms with Crippen molar-refractivity contribution in [2.45, 2.75) is 38.6 Å². The molecule has 5 aromatic carbocycles. The largest absolute Gasteiger partial charge is 0.507 e. The molecule has 44 heavy (non-hydrogen) atoms. The van der Waals surface area contributed by atoms with Gasteiger partial charge in [0.15, 0.2) is 0 Å². The molecule has 0 aliphatic heterocycles. The molecule has 6 nitrogen and oxygen atoms in total. The van der Waals surface area contributed by atoms with Crippen LogP contribution in [0.15, 0.2) is 103 Å². The molecule has 226 valence electrons. The average Bonchev–Trinajstić information content (AvgIpc) is 2.99. The summed E-state index contributed by atoms with van der Waals surface area (Å²) in [5, 5.41) is 15.5. The number of benzene rings is 5. The molecule has 0 fully saturated rings. The smallest absolute Gasteiger partial charge is 0.422 e. The van der Waals surface area contributed by atoms with Crippen LogP contribution in [0.2, 0.25) is 0 Å². The first-order valence-electron chi connectivity index (χ1n) is 14.0. The third-order valence-corrected chi connectivity index (χ3v) is 7.33. The summed E-state index contributed by atoms with van der Waals surface area (Å²) in [5.74, 6) is -2.77. The number of esters is 1. The molecule has 9 heteroatoms. The lowest BCUT2D eigenvalue weighted by Gasteiger charge is -2.35. The number of rotatable bonds is 8. The van der Waals surface area contributed by atoms with Gasteiger partial charge in [-0.3, -0.25) is 5.32 Å². The number of hydrogen-bond acceptors (Lipinski definition) is 5. The molecule has 0 bridgehead atoms. The quantitative estimate of drug-likeness (QED) is 0.138. The van der Waals surface area contributed by atoms with E-state index in [1.165, 1.54) is 26.0 Å². The molecule has 0 radical (unpaired) electrons. The zero-order valence-electron chi connectivity index (χ0n) is 24.0. The monoisotopic (exact) mass is 601 g/mol.